The van der Waals surface area contributed by atoms with Crippen molar-refractivity contribution in [2.45, 2.75) is 32.4 Å². The molecule has 2 saturated heterocycles. The van der Waals surface area contributed by atoms with E-state index in [4.69, 9.17) is 0 Å². The Morgan fingerprint density at radius 1 is 1.32 bits per heavy atom. The Hall–Kier alpha value is -0.650. The van der Waals surface area contributed by atoms with Crippen LogP contribution in [0.2, 0.25) is 0 Å². The van der Waals surface area contributed by atoms with Gasteiger partial charge in [-0.05, 0) is 13.8 Å². The molecule has 5 heteroatoms. The average Bonchev–Trinajstić information content (AvgIpc) is 2.69. The van der Waals surface area contributed by atoms with Crippen molar-refractivity contribution in [2.24, 2.45) is 0 Å². The normalized spacial score (nSPS) is 33.1. The second-order valence-corrected chi connectivity index (χ2v) is 6.64. The lowest BCUT2D eigenvalue weighted by atomic mass is 10.2. The number of piperazine rings is 1. The Morgan fingerprint density at radius 2 is 1.95 bits per heavy atom. The number of hydrogen-bond acceptors (Lipinski definition) is 3. The minimum atomic E-state index is -0.226. The molecule has 0 saturated carbocycles. The predicted molar refractivity (Wildman–Crippen MR) is 74.7 cm³/mol. The maximum absolute atomic E-state index is 12.4. The van der Waals surface area contributed by atoms with Crippen LogP contribution in [0.5, 0.6) is 0 Å². The van der Waals surface area contributed by atoms with Gasteiger partial charge >= 0.3 is 0 Å². The highest BCUT2D eigenvalue weighted by atomic mass is 16.3. The summed E-state index contributed by atoms with van der Waals surface area (Å²) in [5.41, 5.74) is 0. The van der Waals surface area contributed by atoms with E-state index in [9.17, 15) is 9.90 Å². The topological polar surface area (TPSA) is 43.8 Å². The van der Waals surface area contributed by atoms with Crippen LogP contribution in [0.4, 0.5) is 0 Å². The molecular weight excluding hydrogens is 242 g/mol. The Labute approximate surface area is 116 Å². The predicted octanol–water partition coefficient (Wildman–Crippen LogP) is -0.250. The molecule has 1 amide bonds. The summed E-state index contributed by atoms with van der Waals surface area (Å²) in [5.74, 6) is 0.250. The third-order valence-corrected chi connectivity index (χ3v) is 4.57. The Kier molecular flexibility index (Phi) is 4.48. The number of hydrogen-bond donors (Lipinski definition) is 1. The monoisotopic (exact) mass is 270 g/mol. The molecule has 0 bridgehead atoms. The molecule has 1 N–H and O–H groups in total. The molecule has 2 atom stereocenters. The molecule has 0 aliphatic carbocycles. The number of amides is 1. The largest absolute Gasteiger partial charge is 0.387 e. The van der Waals surface area contributed by atoms with E-state index in [2.05, 4.69) is 25.8 Å². The van der Waals surface area contributed by atoms with Crippen molar-refractivity contribution in [3.05, 3.63) is 0 Å². The fourth-order valence-corrected chi connectivity index (χ4v) is 3.21. The van der Waals surface area contributed by atoms with E-state index < -0.39 is 0 Å². The van der Waals surface area contributed by atoms with E-state index in [1.165, 1.54) is 0 Å². The summed E-state index contributed by atoms with van der Waals surface area (Å²) >= 11 is 0. The van der Waals surface area contributed by atoms with Crippen molar-refractivity contribution < 1.29 is 14.4 Å². The summed E-state index contributed by atoms with van der Waals surface area (Å²) in [5, 5.41) is 9.64. The number of aliphatic hydroxyl groups excluding tert-OH is 1. The van der Waals surface area contributed by atoms with Crippen LogP contribution in [0.1, 0.15) is 20.3 Å². The van der Waals surface area contributed by atoms with Gasteiger partial charge in [0.05, 0.1) is 13.6 Å². The molecule has 110 valence electrons. The zero-order valence-corrected chi connectivity index (χ0v) is 12.5. The van der Waals surface area contributed by atoms with E-state index in [1.807, 2.05) is 4.90 Å². The Balaban J connectivity index is 1.82. The summed E-state index contributed by atoms with van der Waals surface area (Å²) < 4.78 is 0.699. The number of carbonyl (C=O) groups is 1. The van der Waals surface area contributed by atoms with Crippen LogP contribution in [0, 0.1) is 0 Å². The van der Waals surface area contributed by atoms with Crippen molar-refractivity contribution in [3.63, 3.8) is 0 Å². The van der Waals surface area contributed by atoms with Crippen molar-refractivity contribution in [1.29, 1.82) is 0 Å². The molecule has 2 aliphatic heterocycles. The molecule has 0 spiro atoms. The van der Waals surface area contributed by atoms with E-state index in [1.54, 1.807) is 0 Å². The van der Waals surface area contributed by atoms with Gasteiger partial charge in [-0.15, -0.1) is 0 Å². The van der Waals surface area contributed by atoms with Crippen molar-refractivity contribution in [1.82, 2.24) is 9.80 Å². The zero-order valence-electron chi connectivity index (χ0n) is 12.5. The lowest BCUT2D eigenvalue weighted by molar-refractivity contribution is -0.891. The van der Waals surface area contributed by atoms with Gasteiger partial charge < -0.3 is 14.5 Å². The molecule has 2 fully saturated rings. The fourth-order valence-electron chi connectivity index (χ4n) is 3.21. The van der Waals surface area contributed by atoms with E-state index in [-0.39, 0.29) is 12.0 Å². The first kappa shape index (κ1) is 14.8. The third kappa shape index (κ3) is 3.68. The summed E-state index contributed by atoms with van der Waals surface area (Å²) in [4.78, 5) is 16.8. The molecule has 2 aliphatic rings. The Bertz CT molecular complexity index is 327. The number of carbonyl (C=O) groups excluding carboxylic acids is 1. The molecule has 0 radical (unpaired) electrons. The van der Waals surface area contributed by atoms with Gasteiger partial charge in [-0.2, -0.15) is 0 Å². The van der Waals surface area contributed by atoms with Crippen LogP contribution in [-0.4, -0.2) is 90.3 Å². The van der Waals surface area contributed by atoms with Crippen LogP contribution in [0.15, 0.2) is 0 Å². The first-order valence-electron chi connectivity index (χ1n) is 7.43. The van der Waals surface area contributed by atoms with Gasteiger partial charge in [0.2, 0.25) is 0 Å². The molecule has 2 heterocycles. The van der Waals surface area contributed by atoms with Crippen LogP contribution < -0.4 is 0 Å². The minimum absolute atomic E-state index is 0.226. The molecule has 0 aromatic rings. The standard InChI is InChI=1S/C14H28N3O2/c1-12(2)15-5-7-16(8-6-15)14(19)11-17(3)9-4-13(18)10-17/h12-13,18H,4-11H2,1-3H3/q+1. The lowest BCUT2D eigenvalue weighted by Gasteiger charge is -2.38. The van der Waals surface area contributed by atoms with Crippen LogP contribution >= 0.6 is 0 Å². The van der Waals surface area contributed by atoms with E-state index in [0.29, 0.717) is 17.1 Å². The number of nitrogens with zero attached hydrogens (tertiary/aromatic N) is 3. The number of quaternary nitrogens is 1. The quantitative estimate of drug-likeness (QED) is 0.719. The molecule has 19 heavy (non-hydrogen) atoms. The summed E-state index contributed by atoms with van der Waals surface area (Å²) in [7, 11) is 2.08. The molecule has 2 rings (SSSR count). The number of rotatable bonds is 3. The highest BCUT2D eigenvalue weighted by Crippen LogP contribution is 2.17. The second-order valence-electron chi connectivity index (χ2n) is 6.64. The van der Waals surface area contributed by atoms with Gasteiger partial charge in [-0.1, -0.05) is 0 Å². The summed E-state index contributed by atoms with van der Waals surface area (Å²) in [6.45, 7) is 10.2. The fraction of sp³-hybridized carbons (Fsp3) is 0.929. The first-order chi connectivity index (χ1) is 8.89. The number of aliphatic hydroxyl groups is 1. The van der Waals surface area contributed by atoms with Gasteiger partial charge in [-0.25, -0.2) is 0 Å². The summed E-state index contributed by atoms with van der Waals surface area (Å²) in [6, 6.07) is 0.565. The zero-order chi connectivity index (χ0) is 14.0. The Morgan fingerprint density at radius 3 is 2.42 bits per heavy atom. The van der Waals surface area contributed by atoms with Crippen LogP contribution in [-0.2, 0) is 4.79 Å². The number of likely N-dealkylation sites (N-methyl/N-ethyl adjacent to an activating group) is 1. The molecule has 0 aromatic carbocycles. The van der Waals surface area contributed by atoms with Gasteiger partial charge in [0.1, 0.15) is 12.6 Å². The lowest BCUT2D eigenvalue weighted by Crippen LogP contribution is -2.55. The highest BCUT2D eigenvalue weighted by molar-refractivity contribution is 5.77. The SMILES string of the molecule is CC(C)N1CCN(C(=O)C[N+]2(C)CCC(O)C2)CC1. The van der Waals surface area contributed by atoms with Gasteiger partial charge in [0.25, 0.3) is 5.91 Å². The smallest absolute Gasteiger partial charge is 0.277 e. The molecule has 5 nitrogen and oxygen atoms in total. The maximum atomic E-state index is 12.4. The third-order valence-electron chi connectivity index (χ3n) is 4.57. The molecule has 2 unspecified atom stereocenters. The minimum Gasteiger partial charge on any atom is -0.387 e. The first-order valence-corrected chi connectivity index (χ1v) is 7.43. The van der Waals surface area contributed by atoms with Crippen molar-refractivity contribution >= 4 is 5.91 Å². The van der Waals surface area contributed by atoms with Crippen LogP contribution in [0.3, 0.4) is 0 Å². The van der Waals surface area contributed by atoms with Gasteiger partial charge in [-0.3, -0.25) is 9.69 Å². The second kappa shape index (κ2) is 5.77. The summed E-state index contributed by atoms with van der Waals surface area (Å²) in [6.07, 6.45) is 0.598. The van der Waals surface area contributed by atoms with Crippen molar-refractivity contribution in [2.75, 3.05) is 52.9 Å². The maximum Gasteiger partial charge on any atom is 0.277 e. The van der Waals surface area contributed by atoms with Crippen LogP contribution in [0.25, 0.3) is 0 Å². The van der Waals surface area contributed by atoms with E-state index >= 15 is 0 Å². The molecule has 0 aromatic heterocycles. The molecular formula is C14H28N3O2+. The van der Waals surface area contributed by atoms with Crippen molar-refractivity contribution in [3.8, 4) is 0 Å². The van der Waals surface area contributed by atoms with Gasteiger partial charge in [0.15, 0.2) is 6.54 Å². The average molecular weight is 270 g/mol. The van der Waals surface area contributed by atoms with Gasteiger partial charge in [0, 0.05) is 38.6 Å². The highest BCUT2D eigenvalue weighted by Gasteiger charge is 2.37. The number of likely N-dealkylation sites (tertiary alicyclic amines) is 1. The van der Waals surface area contributed by atoms with E-state index in [0.717, 1.165) is 45.7 Å².